The minimum absolute atomic E-state index is 0.325. The Labute approximate surface area is 265 Å². The number of hydrogen-bond donors (Lipinski definition) is 4. The van der Waals surface area contributed by atoms with E-state index in [1.165, 1.54) is 148 Å². The molecule has 1 saturated heterocycles. The Morgan fingerprint density at radius 2 is 1.07 bits per heavy atom. The molecule has 1 aliphatic rings. The van der Waals surface area contributed by atoms with E-state index < -0.39 is 37.3 Å². The lowest BCUT2D eigenvalue weighted by molar-refractivity contribution is -0.272. The molecule has 1 unspecified atom stereocenters. The van der Waals surface area contributed by atoms with Crippen LogP contribution < -0.4 is 5.32 Å². The third kappa shape index (κ3) is 20.1. The van der Waals surface area contributed by atoms with Crippen molar-refractivity contribution < 1.29 is 29.6 Å². The van der Waals surface area contributed by atoms with E-state index in [0.29, 0.717) is 12.5 Å². The van der Waals surface area contributed by atoms with Gasteiger partial charge in [-0.05, 0) is 18.8 Å². The van der Waals surface area contributed by atoms with Crippen LogP contribution in [0.3, 0.4) is 0 Å². The number of aliphatic hydroxyl groups is 3. The molecule has 7 nitrogen and oxygen atoms in total. The van der Waals surface area contributed by atoms with Crippen LogP contribution in [0.5, 0.6) is 0 Å². The molecule has 6 atom stereocenters. The normalized spacial score (nSPS) is 23.0. The van der Waals surface area contributed by atoms with Gasteiger partial charge in [0.05, 0.1) is 13.2 Å². The highest BCUT2D eigenvalue weighted by molar-refractivity contribution is 5.73. The zero-order chi connectivity index (χ0) is 31.5. The van der Waals surface area contributed by atoms with E-state index in [2.05, 4.69) is 19.2 Å². The number of amides is 1. The number of ether oxygens (including phenoxy) is 2. The highest BCUT2D eigenvalue weighted by Crippen LogP contribution is 2.25. The second-order valence-corrected chi connectivity index (χ2v) is 13.3. The minimum Gasteiger partial charge on any atom is -0.394 e. The van der Waals surface area contributed by atoms with Gasteiger partial charge in [0.25, 0.3) is 0 Å². The fourth-order valence-electron chi connectivity index (χ4n) is 6.35. The molecule has 0 spiro atoms. The van der Waals surface area contributed by atoms with E-state index in [1.807, 2.05) is 0 Å². The molecule has 43 heavy (non-hydrogen) atoms. The first kappa shape index (κ1) is 40.3. The first-order chi connectivity index (χ1) is 20.9. The molecule has 1 fully saturated rings. The summed E-state index contributed by atoms with van der Waals surface area (Å²) in [5, 5.41) is 33.3. The number of unbranched alkanes of at least 4 members (excludes halogenated alkanes) is 20. The van der Waals surface area contributed by atoms with Gasteiger partial charge in [-0.1, -0.05) is 155 Å². The van der Waals surface area contributed by atoms with Crippen molar-refractivity contribution in [2.75, 3.05) is 13.2 Å². The molecule has 256 valence electrons. The lowest BCUT2D eigenvalue weighted by Crippen LogP contribution is -2.64. The molecule has 0 radical (unpaired) electrons. The highest BCUT2D eigenvalue weighted by atomic mass is 16.7. The molecule has 1 aliphatic heterocycles. The Morgan fingerprint density at radius 3 is 1.44 bits per heavy atom. The van der Waals surface area contributed by atoms with Gasteiger partial charge >= 0.3 is 0 Å². The number of aliphatic hydroxyl groups excluding tert-OH is 3. The zero-order valence-electron chi connectivity index (χ0n) is 28.4. The van der Waals surface area contributed by atoms with Crippen LogP contribution in [0.1, 0.15) is 175 Å². The van der Waals surface area contributed by atoms with E-state index >= 15 is 0 Å². The number of rotatable bonds is 29. The van der Waals surface area contributed by atoms with Crippen molar-refractivity contribution in [2.45, 2.75) is 206 Å². The number of carbonyl (C=O) groups excluding carboxylic acids is 1. The molecule has 0 aromatic carbocycles. The maximum atomic E-state index is 11.8. The van der Waals surface area contributed by atoms with Gasteiger partial charge in [0, 0.05) is 6.92 Å². The maximum absolute atomic E-state index is 11.8. The summed E-state index contributed by atoms with van der Waals surface area (Å²) in [4.78, 5) is 11.8. The van der Waals surface area contributed by atoms with Crippen LogP contribution in [-0.4, -0.2) is 65.1 Å². The standard InChI is InChI=1S/C36H71NO6/c1-4-6-8-10-12-14-16-17-19-21-23-25-27-31(26-24-22-20-18-15-13-11-9-7-5-2)29-42-36-33(37-30(3)39)35(41)34(40)32(28-38)43-36/h31-36,38,40-41H,4-29H2,1-3H3,(H,37,39)/t31?,32-,33-,34-,35-,36-/m1/s1. The van der Waals surface area contributed by atoms with E-state index in [0.717, 1.165) is 12.8 Å². The Bertz CT molecular complexity index is 635. The fourth-order valence-corrected chi connectivity index (χ4v) is 6.35. The van der Waals surface area contributed by atoms with Crippen molar-refractivity contribution in [1.29, 1.82) is 0 Å². The van der Waals surface area contributed by atoms with Gasteiger partial charge in [-0.15, -0.1) is 0 Å². The zero-order valence-corrected chi connectivity index (χ0v) is 28.4. The van der Waals surface area contributed by atoms with Crippen LogP contribution in [0.25, 0.3) is 0 Å². The van der Waals surface area contributed by atoms with Crippen LogP contribution in [0.4, 0.5) is 0 Å². The van der Waals surface area contributed by atoms with Gasteiger partial charge in [-0.3, -0.25) is 4.79 Å². The summed E-state index contributed by atoms with van der Waals surface area (Å²) in [7, 11) is 0. The van der Waals surface area contributed by atoms with Crippen LogP contribution in [-0.2, 0) is 14.3 Å². The quantitative estimate of drug-likeness (QED) is 0.0638. The SMILES string of the molecule is CCCCCCCCCCCCCCC(CCCCCCCCCCCC)CO[C@@H]1O[C@H](CO)[C@@H](O)[C@H](O)[C@H]1NC(C)=O. The van der Waals surface area contributed by atoms with Crippen molar-refractivity contribution >= 4 is 5.91 Å². The molecular weight excluding hydrogens is 542 g/mol. The Morgan fingerprint density at radius 1 is 0.674 bits per heavy atom. The number of nitrogens with one attached hydrogen (secondary N) is 1. The molecule has 1 amide bonds. The van der Waals surface area contributed by atoms with Crippen molar-refractivity contribution in [3.63, 3.8) is 0 Å². The monoisotopic (exact) mass is 614 g/mol. The molecule has 4 N–H and O–H groups in total. The first-order valence-electron chi connectivity index (χ1n) is 18.5. The summed E-state index contributed by atoms with van der Waals surface area (Å²) < 4.78 is 12.0. The topological polar surface area (TPSA) is 108 Å². The van der Waals surface area contributed by atoms with Gasteiger partial charge in [0.15, 0.2) is 6.29 Å². The summed E-state index contributed by atoms with van der Waals surface area (Å²) >= 11 is 0. The smallest absolute Gasteiger partial charge is 0.217 e. The Kier molecular flexibility index (Phi) is 25.8. The summed E-state index contributed by atoms with van der Waals surface area (Å²) in [5.74, 6) is 0.0598. The second kappa shape index (κ2) is 27.6. The minimum atomic E-state index is -1.29. The predicted octanol–water partition coefficient (Wildman–Crippen LogP) is 7.97. The van der Waals surface area contributed by atoms with Crippen LogP contribution in [0, 0.1) is 5.92 Å². The van der Waals surface area contributed by atoms with Gasteiger partial charge in [-0.2, -0.15) is 0 Å². The predicted molar refractivity (Wildman–Crippen MR) is 177 cm³/mol. The van der Waals surface area contributed by atoms with Crippen LogP contribution in [0.2, 0.25) is 0 Å². The molecule has 0 saturated carbocycles. The summed E-state index contributed by atoms with van der Waals surface area (Å²) in [6, 6.07) is -0.875. The van der Waals surface area contributed by atoms with Crippen molar-refractivity contribution in [2.24, 2.45) is 5.92 Å². The highest BCUT2D eigenvalue weighted by Gasteiger charge is 2.45. The van der Waals surface area contributed by atoms with Crippen LogP contribution in [0.15, 0.2) is 0 Å². The third-order valence-electron chi connectivity index (χ3n) is 9.18. The van der Waals surface area contributed by atoms with Crippen molar-refractivity contribution in [3.05, 3.63) is 0 Å². The Hall–Kier alpha value is -0.730. The van der Waals surface area contributed by atoms with Gasteiger partial charge < -0.3 is 30.1 Å². The largest absolute Gasteiger partial charge is 0.394 e. The lowest BCUT2D eigenvalue weighted by Gasteiger charge is -2.42. The molecule has 1 rings (SSSR count). The van der Waals surface area contributed by atoms with Gasteiger partial charge in [0.1, 0.15) is 24.4 Å². The van der Waals surface area contributed by atoms with E-state index in [1.54, 1.807) is 0 Å². The molecular formula is C36H71NO6. The van der Waals surface area contributed by atoms with Crippen LogP contribution >= 0.6 is 0 Å². The molecule has 1 heterocycles. The summed E-state index contributed by atoms with van der Waals surface area (Å²) in [6.07, 6.45) is 27.0. The molecule has 0 bridgehead atoms. The average Bonchev–Trinajstić information content (AvgIpc) is 2.99. The lowest BCUT2D eigenvalue weighted by atomic mass is 9.94. The van der Waals surface area contributed by atoms with E-state index in [4.69, 9.17) is 9.47 Å². The van der Waals surface area contributed by atoms with Crippen molar-refractivity contribution in [3.8, 4) is 0 Å². The average molecular weight is 614 g/mol. The van der Waals surface area contributed by atoms with E-state index in [9.17, 15) is 20.1 Å². The summed E-state index contributed by atoms with van der Waals surface area (Å²) in [5.41, 5.74) is 0. The molecule has 0 aliphatic carbocycles. The van der Waals surface area contributed by atoms with Gasteiger partial charge in [0.2, 0.25) is 5.91 Å². The van der Waals surface area contributed by atoms with E-state index in [-0.39, 0.29) is 5.91 Å². The van der Waals surface area contributed by atoms with Gasteiger partial charge in [-0.25, -0.2) is 0 Å². The fraction of sp³-hybridized carbons (Fsp3) is 0.972. The maximum Gasteiger partial charge on any atom is 0.217 e. The second-order valence-electron chi connectivity index (χ2n) is 13.3. The Balaban J connectivity index is 2.46. The third-order valence-corrected chi connectivity index (χ3v) is 9.18. The molecule has 0 aromatic heterocycles. The van der Waals surface area contributed by atoms with Crippen molar-refractivity contribution in [1.82, 2.24) is 5.32 Å². The number of carbonyl (C=O) groups is 1. The summed E-state index contributed by atoms with van der Waals surface area (Å²) in [6.45, 7) is 5.96. The molecule has 7 heteroatoms. The number of hydrogen-bond acceptors (Lipinski definition) is 6. The first-order valence-corrected chi connectivity index (χ1v) is 18.5. The molecule has 0 aromatic rings.